The van der Waals surface area contributed by atoms with E-state index in [1.807, 2.05) is 6.07 Å². The Balaban J connectivity index is 1.82. The van der Waals surface area contributed by atoms with Crippen LogP contribution in [0.4, 0.5) is 0 Å². The number of amides is 2. The van der Waals surface area contributed by atoms with Crippen LogP contribution in [0.25, 0.3) is 0 Å². The molecule has 2 amide bonds. The lowest BCUT2D eigenvalue weighted by Crippen LogP contribution is -2.46. The molecule has 6 heteroatoms. The first-order chi connectivity index (χ1) is 9.56. The number of carbonyl (C=O) groups excluding carboxylic acids is 2. The van der Waals surface area contributed by atoms with Crippen LogP contribution in [-0.4, -0.2) is 42.4 Å². The van der Waals surface area contributed by atoms with E-state index in [0.717, 1.165) is 17.3 Å². The van der Waals surface area contributed by atoms with Gasteiger partial charge in [-0.2, -0.15) is 0 Å². The molecule has 0 saturated carbocycles. The van der Waals surface area contributed by atoms with Gasteiger partial charge >= 0.3 is 0 Å². The smallest absolute Gasteiger partial charge is 0.251 e. The second kappa shape index (κ2) is 6.85. The molecule has 108 valence electrons. The van der Waals surface area contributed by atoms with Crippen molar-refractivity contribution in [2.24, 2.45) is 5.73 Å². The fourth-order valence-electron chi connectivity index (χ4n) is 2.15. The summed E-state index contributed by atoms with van der Waals surface area (Å²) in [5.74, 6) is -0.298. The highest BCUT2D eigenvalue weighted by Gasteiger charge is 2.20. The summed E-state index contributed by atoms with van der Waals surface area (Å²) in [7, 11) is 0. The van der Waals surface area contributed by atoms with Crippen LogP contribution >= 0.6 is 15.9 Å². The Morgan fingerprint density at radius 3 is 2.70 bits per heavy atom. The Hall–Kier alpha value is -1.40. The van der Waals surface area contributed by atoms with Crippen molar-refractivity contribution in [3.63, 3.8) is 0 Å². The molecule has 0 radical (unpaired) electrons. The van der Waals surface area contributed by atoms with Gasteiger partial charge in [0.05, 0.1) is 6.54 Å². The van der Waals surface area contributed by atoms with Crippen LogP contribution in [0.3, 0.4) is 0 Å². The number of nitrogens with one attached hydrogen (secondary N) is 1. The summed E-state index contributed by atoms with van der Waals surface area (Å²) in [6.45, 7) is 1.38. The average molecular weight is 340 g/mol. The maximum absolute atomic E-state index is 12.0. The van der Waals surface area contributed by atoms with Gasteiger partial charge in [-0.3, -0.25) is 9.59 Å². The number of rotatable bonds is 3. The summed E-state index contributed by atoms with van der Waals surface area (Å²) in [6.07, 6.45) is 1.65. The van der Waals surface area contributed by atoms with Crippen molar-refractivity contribution in [1.82, 2.24) is 10.2 Å². The van der Waals surface area contributed by atoms with Gasteiger partial charge in [-0.15, -0.1) is 0 Å². The van der Waals surface area contributed by atoms with Gasteiger partial charge < -0.3 is 16.0 Å². The van der Waals surface area contributed by atoms with Crippen LogP contribution in [0, 0.1) is 0 Å². The maximum atomic E-state index is 12.0. The van der Waals surface area contributed by atoms with Crippen molar-refractivity contribution >= 4 is 27.7 Å². The zero-order valence-corrected chi connectivity index (χ0v) is 12.7. The van der Waals surface area contributed by atoms with Gasteiger partial charge in [-0.05, 0) is 31.0 Å². The largest absolute Gasteiger partial charge is 0.343 e. The second-order valence-electron chi connectivity index (χ2n) is 4.91. The molecule has 5 nitrogen and oxygen atoms in total. The number of halogens is 1. The summed E-state index contributed by atoms with van der Waals surface area (Å²) < 4.78 is 0.835. The van der Waals surface area contributed by atoms with E-state index < -0.39 is 0 Å². The van der Waals surface area contributed by atoms with Gasteiger partial charge in [0, 0.05) is 29.2 Å². The third-order valence-electron chi connectivity index (χ3n) is 3.38. The van der Waals surface area contributed by atoms with Crippen molar-refractivity contribution in [3.8, 4) is 0 Å². The monoisotopic (exact) mass is 339 g/mol. The summed E-state index contributed by atoms with van der Waals surface area (Å²) in [6, 6.07) is 7.26. The topological polar surface area (TPSA) is 75.4 Å². The van der Waals surface area contributed by atoms with Gasteiger partial charge in [-0.25, -0.2) is 0 Å². The normalized spacial score (nSPS) is 16.0. The zero-order valence-electron chi connectivity index (χ0n) is 11.1. The number of benzene rings is 1. The molecular formula is C14H18BrN3O2. The standard InChI is InChI=1S/C14H18BrN3O2/c15-11-3-1-2-10(8-11)14(20)17-9-13(19)18-6-4-12(16)5-7-18/h1-3,8,12H,4-7,9,16H2,(H,17,20). The van der Waals surface area contributed by atoms with Crippen LogP contribution in [-0.2, 0) is 4.79 Å². The van der Waals surface area contributed by atoms with Crippen LogP contribution in [0.15, 0.2) is 28.7 Å². The highest BCUT2D eigenvalue weighted by atomic mass is 79.9. The third kappa shape index (κ3) is 4.05. The molecule has 0 atom stereocenters. The van der Waals surface area contributed by atoms with E-state index in [4.69, 9.17) is 5.73 Å². The predicted molar refractivity (Wildman–Crippen MR) is 80.3 cm³/mol. The lowest BCUT2D eigenvalue weighted by molar-refractivity contribution is -0.131. The highest BCUT2D eigenvalue weighted by molar-refractivity contribution is 9.10. The molecular weight excluding hydrogens is 322 g/mol. The minimum Gasteiger partial charge on any atom is -0.343 e. The summed E-state index contributed by atoms with van der Waals surface area (Å²) in [5.41, 5.74) is 6.33. The molecule has 1 heterocycles. The molecule has 1 aliphatic heterocycles. The van der Waals surface area contributed by atoms with Crippen molar-refractivity contribution in [3.05, 3.63) is 34.3 Å². The maximum Gasteiger partial charge on any atom is 0.251 e. The van der Waals surface area contributed by atoms with Crippen molar-refractivity contribution in [2.45, 2.75) is 18.9 Å². The SMILES string of the molecule is NC1CCN(C(=O)CNC(=O)c2cccc(Br)c2)CC1. The molecule has 1 saturated heterocycles. The predicted octanol–water partition coefficient (Wildman–Crippen LogP) is 1.13. The molecule has 2 rings (SSSR count). The van der Waals surface area contributed by atoms with Gasteiger partial charge in [0.25, 0.3) is 5.91 Å². The Morgan fingerprint density at radius 2 is 2.05 bits per heavy atom. The van der Waals surface area contributed by atoms with E-state index in [9.17, 15) is 9.59 Å². The first-order valence-corrected chi connectivity index (χ1v) is 7.42. The number of carbonyl (C=O) groups is 2. The van der Waals surface area contributed by atoms with E-state index >= 15 is 0 Å². The Bertz CT molecular complexity index is 499. The first-order valence-electron chi connectivity index (χ1n) is 6.63. The zero-order chi connectivity index (χ0) is 14.5. The van der Waals surface area contributed by atoms with E-state index in [0.29, 0.717) is 18.7 Å². The number of likely N-dealkylation sites (tertiary alicyclic amines) is 1. The van der Waals surface area contributed by atoms with Gasteiger partial charge in [0.2, 0.25) is 5.91 Å². The third-order valence-corrected chi connectivity index (χ3v) is 3.87. The van der Waals surface area contributed by atoms with Gasteiger partial charge in [0.15, 0.2) is 0 Å². The molecule has 1 fully saturated rings. The fourth-order valence-corrected chi connectivity index (χ4v) is 2.55. The van der Waals surface area contributed by atoms with E-state index in [-0.39, 0.29) is 24.4 Å². The Labute approximate surface area is 126 Å². The molecule has 0 aliphatic carbocycles. The number of nitrogens with two attached hydrogens (primary N) is 1. The minimum absolute atomic E-state index is 0.0284. The van der Waals surface area contributed by atoms with Gasteiger partial charge in [-0.1, -0.05) is 22.0 Å². The summed E-state index contributed by atoms with van der Waals surface area (Å²) >= 11 is 3.31. The lowest BCUT2D eigenvalue weighted by atomic mass is 10.1. The lowest BCUT2D eigenvalue weighted by Gasteiger charge is -2.30. The summed E-state index contributed by atoms with van der Waals surface area (Å²) in [5, 5.41) is 2.65. The van der Waals surface area contributed by atoms with Crippen molar-refractivity contribution in [1.29, 1.82) is 0 Å². The molecule has 1 aliphatic rings. The quantitative estimate of drug-likeness (QED) is 0.866. The van der Waals surface area contributed by atoms with Gasteiger partial charge in [0.1, 0.15) is 0 Å². The molecule has 1 aromatic carbocycles. The average Bonchev–Trinajstić information content (AvgIpc) is 2.45. The molecule has 0 bridgehead atoms. The van der Waals surface area contributed by atoms with Crippen molar-refractivity contribution < 1.29 is 9.59 Å². The molecule has 3 N–H and O–H groups in total. The molecule has 0 aromatic heterocycles. The van der Waals surface area contributed by atoms with E-state index in [1.54, 1.807) is 23.1 Å². The summed E-state index contributed by atoms with van der Waals surface area (Å²) in [4.78, 5) is 25.6. The Morgan fingerprint density at radius 1 is 1.35 bits per heavy atom. The highest BCUT2D eigenvalue weighted by Crippen LogP contribution is 2.11. The second-order valence-corrected chi connectivity index (χ2v) is 5.83. The minimum atomic E-state index is -0.242. The number of nitrogens with zero attached hydrogens (tertiary/aromatic N) is 1. The number of hydrogen-bond acceptors (Lipinski definition) is 3. The Kier molecular flexibility index (Phi) is 5.14. The molecule has 1 aromatic rings. The van der Waals surface area contributed by atoms with E-state index in [1.165, 1.54) is 0 Å². The van der Waals surface area contributed by atoms with Crippen LogP contribution in [0.2, 0.25) is 0 Å². The van der Waals surface area contributed by atoms with E-state index in [2.05, 4.69) is 21.2 Å². The molecule has 0 unspecified atom stereocenters. The fraction of sp³-hybridized carbons (Fsp3) is 0.429. The van der Waals surface area contributed by atoms with Crippen LogP contribution in [0.1, 0.15) is 23.2 Å². The first kappa shape index (κ1) is 15.0. The number of piperidine rings is 1. The number of hydrogen-bond donors (Lipinski definition) is 2. The van der Waals surface area contributed by atoms with Crippen molar-refractivity contribution in [2.75, 3.05) is 19.6 Å². The molecule has 0 spiro atoms. The molecule has 20 heavy (non-hydrogen) atoms. The van der Waals surface area contributed by atoms with Crippen LogP contribution in [0.5, 0.6) is 0 Å². The van der Waals surface area contributed by atoms with Crippen LogP contribution < -0.4 is 11.1 Å².